The Labute approximate surface area is 115 Å². The summed E-state index contributed by atoms with van der Waals surface area (Å²) in [5, 5.41) is 0. The van der Waals surface area contributed by atoms with Gasteiger partial charge in [-0.3, -0.25) is 9.36 Å². The Morgan fingerprint density at radius 3 is 2.53 bits per heavy atom. The van der Waals surface area contributed by atoms with Crippen molar-refractivity contribution in [1.29, 1.82) is 0 Å². The van der Waals surface area contributed by atoms with Crippen molar-refractivity contribution < 1.29 is 18.6 Å². The van der Waals surface area contributed by atoms with E-state index in [1.54, 1.807) is 0 Å². The molecule has 0 aliphatic rings. The highest BCUT2D eigenvalue weighted by atomic mass is 31.1. The lowest BCUT2D eigenvalue weighted by atomic mass is 9.90. The van der Waals surface area contributed by atoms with E-state index in [4.69, 9.17) is 9.26 Å². The summed E-state index contributed by atoms with van der Waals surface area (Å²) in [7, 11) is -0.538. The van der Waals surface area contributed by atoms with Crippen molar-refractivity contribution in [2.75, 3.05) is 19.9 Å². The van der Waals surface area contributed by atoms with Gasteiger partial charge in [-0.15, -0.1) is 0 Å². The maximum absolute atomic E-state index is 11.5. The normalized spacial score (nSPS) is 15.7. The van der Waals surface area contributed by atoms with Gasteiger partial charge in [0, 0.05) is 19.9 Å². The summed E-state index contributed by atoms with van der Waals surface area (Å²) in [5.74, 6) is 0. The molecule has 1 rings (SSSR count). The molecule has 0 aliphatic heterocycles. The molecule has 0 saturated heterocycles. The first-order chi connectivity index (χ1) is 9.18. The van der Waals surface area contributed by atoms with Gasteiger partial charge in [0.25, 0.3) is 0 Å². The molecule has 0 bridgehead atoms. The first-order valence-electron chi connectivity index (χ1n) is 6.41. The molecule has 0 aromatic heterocycles. The second kappa shape index (κ2) is 8.26. The second-order valence-electron chi connectivity index (χ2n) is 4.24. The first-order valence-corrected chi connectivity index (χ1v) is 7.93. The monoisotopic (exact) mass is 284 g/mol. The Morgan fingerprint density at radius 2 is 2.00 bits per heavy atom. The molecular weight excluding hydrogens is 263 g/mol. The maximum atomic E-state index is 11.5. The van der Waals surface area contributed by atoms with Gasteiger partial charge in [0.05, 0.1) is 0 Å². The molecule has 2 atom stereocenters. The number of aldehydes is 1. The number of carbonyl (C=O) groups is 1. The largest absolute Gasteiger partial charge is 0.363 e. The average Bonchev–Trinajstić information content (AvgIpc) is 2.47. The maximum Gasteiger partial charge on any atom is 0.191 e. The molecule has 0 fully saturated rings. The average molecular weight is 284 g/mol. The lowest BCUT2D eigenvalue weighted by Gasteiger charge is -2.28. The van der Waals surface area contributed by atoms with E-state index in [0.717, 1.165) is 11.8 Å². The van der Waals surface area contributed by atoms with Crippen LogP contribution in [-0.4, -0.2) is 26.2 Å². The zero-order valence-corrected chi connectivity index (χ0v) is 12.4. The summed E-state index contributed by atoms with van der Waals surface area (Å²) in [6, 6.07) is 9.41. The first kappa shape index (κ1) is 16.1. The Morgan fingerprint density at radius 1 is 1.32 bits per heavy atom. The summed E-state index contributed by atoms with van der Waals surface area (Å²) in [6.07, 6.45) is 2.44. The van der Waals surface area contributed by atoms with Crippen LogP contribution in [0.2, 0.25) is 0 Å². The lowest BCUT2D eigenvalue weighted by molar-refractivity contribution is -0.133. The second-order valence-corrected chi connectivity index (χ2v) is 5.89. The molecule has 106 valence electrons. The molecule has 0 heterocycles. The molecule has 0 spiro atoms. The van der Waals surface area contributed by atoms with Gasteiger partial charge in [-0.1, -0.05) is 30.3 Å². The van der Waals surface area contributed by atoms with E-state index in [9.17, 15) is 9.36 Å². The van der Waals surface area contributed by atoms with Crippen molar-refractivity contribution in [3.63, 3.8) is 0 Å². The van der Waals surface area contributed by atoms with Gasteiger partial charge < -0.3 is 9.26 Å². The van der Waals surface area contributed by atoms with Crippen molar-refractivity contribution in [1.82, 2.24) is 0 Å². The minimum absolute atomic E-state index is 0.451. The van der Waals surface area contributed by atoms with Gasteiger partial charge in [0.1, 0.15) is 5.60 Å². The minimum Gasteiger partial charge on any atom is -0.363 e. The molecular formula is C14H21O4P. The van der Waals surface area contributed by atoms with Gasteiger partial charge in [0.15, 0.2) is 14.3 Å². The zero-order chi connectivity index (χ0) is 14.1. The highest BCUT2D eigenvalue weighted by Crippen LogP contribution is 2.31. The third kappa shape index (κ3) is 4.57. The smallest absolute Gasteiger partial charge is 0.191 e. The van der Waals surface area contributed by atoms with E-state index >= 15 is 0 Å². The quantitative estimate of drug-likeness (QED) is 0.516. The van der Waals surface area contributed by atoms with E-state index in [-0.39, 0.29) is 0 Å². The van der Waals surface area contributed by atoms with Crippen molar-refractivity contribution in [2.45, 2.75) is 25.4 Å². The number of ether oxygens (including phenoxy) is 1. The number of benzene rings is 1. The fourth-order valence-electron chi connectivity index (χ4n) is 2.04. The van der Waals surface area contributed by atoms with Gasteiger partial charge in [0.2, 0.25) is 0 Å². The number of hydrogen-bond donors (Lipinski definition) is 0. The standard InChI is InChI=1S/C14H21O4P/c1-3-18-14(12-15,10-7-11-19(16)17-2)13-8-5-4-6-9-13/h4-6,8-9,12,19H,3,7,10-11H2,1-2H3. The fraction of sp³-hybridized carbons (Fsp3) is 0.500. The van der Waals surface area contributed by atoms with Crippen molar-refractivity contribution in [3.8, 4) is 0 Å². The van der Waals surface area contributed by atoms with Crippen LogP contribution in [0.4, 0.5) is 0 Å². The molecule has 1 aromatic rings. The molecule has 0 saturated carbocycles. The predicted molar refractivity (Wildman–Crippen MR) is 75.9 cm³/mol. The van der Waals surface area contributed by atoms with Crippen molar-refractivity contribution in [2.24, 2.45) is 0 Å². The van der Waals surface area contributed by atoms with Crippen LogP contribution in [0.3, 0.4) is 0 Å². The summed E-state index contributed by atoms with van der Waals surface area (Å²) in [5.41, 5.74) is -0.102. The molecule has 1 aromatic carbocycles. The minimum atomic E-state index is -1.98. The predicted octanol–water partition coefficient (Wildman–Crippen LogP) is 3.02. The molecule has 0 aliphatic carbocycles. The van der Waals surface area contributed by atoms with Crippen LogP contribution in [0.15, 0.2) is 30.3 Å². The van der Waals surface area contributed by atoms with Crippen molar-refractivity contribution >= 4 is 14.3 Å². The Kier molecular flexibility index (Phi) is 7.00. The highest BCUT2D eigenvalue weighted by molar-refractivity contribution is 7.39. The SMILES string of the molecule is CCOC(C=O)(CCC[PH](=O)OC)c1ccccc1. The van der Waals surface area contributed by atoms with Gasteiger partial charge in [-0.05, 0) is 25.3 Å². The van der Waals surface area contributed by atoms with Crippen LogP contribution in [0.1, 0.15) is 25.3 Å². The van der Waals surface area contributed by atoms with Crippen molar-refractivity contribution in [3.05, 3.63) is 35.9 Å². The van der Waals surface area contributed by atoms with Crippen LogP contribution in [0.5, 0.6) is 0 Å². The van der Waals surface area contributed by atoms with Crippen LogP contribution >= 0.6 is 8.03 Å². The van der Waals surface area contributed by atoms with Crippen LogP contribution in [0, 0.1) is 0 Å². The number of carbonyl (C=O) groups excluding carboxylic acids is 1. The summed E-state index contributed by atoms with van der Waals surface area (Å²) in [6.45, 7) is 2.31. The Balaban J connectivity index is 2.81. The highest BCUT2D eigenvalue weighted by Gasteiger charge is 2.32. The van der Waals surface area contributed by atoms with Crippen LogP contribution in [0.25, 0.3) is 0 Å². The van der Waals surface area contributed by atoms with Gasteiger partial charge in [-0.2, -0.15) is 0 Å². The summed E-state index contributed by atoms with van der Waals surface area (Å²) < 4.78 is 21.8. The Hall–Kier alpha value is -0.960. The third-order valence-corrected chi connectivity index (χ3v) is 4.23. The third-order valence-electron chi connectivity index (χ3n) is 3.01. The molecule has 0 amide bonds. The van der Waals surface area contributed by atoms with Gasteiger partial charge in [-0.25, -0.2) is 0 Å². The van der Waals surface area contributed by atoms with E-state index in [1.807, 2.05) is 37.3 Å². The molecule has 2 unspecified atom stereocenters. The van der Waals surface area contributed by atoms with E-state index < -0.39 is 13.6 Å². The fourth-order valence-corrected chi connectivity index (χ4v) is 2.71. The van der Waals surface area contributed by atoms with Crippen LogP contribution < -0.4 is 0 Å². The number of rotatable bonds is 9. The van der Waals surface area contributed by atoms with Crippen LogP contribution in [-0.2, 0) is 24.2 Å². The summed E-state index contributed by atoms with van der Waals surface area (Å²) in [4.78, 5) is 11.5. The molecule has 0 radical (unpaired) electrons. The van der Waals surface area contributed by atoms with E-state index in [0.29, 0.717) is 25.6 Å². The molecule has 5 heteroatoms. The lowest BCUT2D eigenvalue weighted by Crippen LogP contribution is -2.32. The number of hydrogen-bond acceptors (Lipinski definition) is 4. The Bertz CT molecular complexity index is 407. The summed E-state index contributed by atoms with van der Waals surface area (Å²) >= 11 is 0. The molecule has 4 nitrogen and oxygen atoms in total. The van der Waals surface area contributed by atoms with E-state index in [2.05, 4.69) is 0 Å². The van der Waals surface area contributed by atoms with Gasteiger partial charge >= 0.3 is 0 Å². The van der Waals surface area contributed by atoms with E-state index in [1.165, 1.54) is 7.11 Å². The molecule has 0 N–H and O–H groups in total. The zero-order valence-electron chi connectivity index (χ0n) is 11.4. The topological polar surface area (TPSA) is 52.6 Å². The molecule has 19 heavy (non-hydrogen) atoms.